The van der Waals surface area contributed by atoms with E-state index in [0.29, 0.717) is 6.42 Å². The Morgan fingerprint density at radius 3 is 2.83 bits per heavy atom. The fourth-order valence-corrected chi connectivity index (χ4v) is 3.13. The van der Waals surface area contributed by atoms with Crippen molar-refractivity contribution in [3.63, 3.8) is 0 Å². The molecular formula is C19H25N3O. The Labute approximate surface area is 137 Å². The van der Waals surface area contributed by atoms with Crippen LogP contribution in [0.1, 0.15) is 51.1 Å². The highest BCUT2D eigenvalue weighted by molar-refractivity contribution is 5.90. The third-order valence-electron chi connectivity index (χ3n) is 4.44. The van der Waals surface area contributed by atoms with E-state index in [-0.39, 0.29) is 5.91 Å². The molecule has 0 atom stereocenters. The number of nitrogens with zero attached hydrogens (tertiary/aromatic N) is 2. The third-order valence-corrected chi connectivity index (χ3v) is 4.44. The summed E-state index contributed by atoms with van der Waals surface area (Å²) in [6.45, 7) is 3.20. The second-order valence-corrected chi connectivity index (χ2v) is 6.26. The second kappa shape index (κ2) is 7.44. The molecule has 1 amide bonds. The first-order valence-corrected chi connectivity index (χ1v) is 8.72. The van der Waals surface area contributed by atoms with Crippen LogP contribution < -0.4 is 5.32 Å². The van der Waals surface area contributed by atoms with Gasteiger partial charge in [0, 0.05) is 36.1 Å². The molecule has 4 nitrogen and oxygen atoms in total. The highest BCUT2D eigenvalue weighted by Crippen LogP contribution is 2.25. The Morgan fingerprint density at radius 2 is 2.04 bits per heavy atom. The third kappa shape index (κ3) is 3.81. The average Bonchev–Trinajstić information content (AvgIpc) is 3.00. The molecule has 2 aromatic rings. The topological polar surface area (TPSA) is 46.9 Å². The fourth-order valence-electron chi connectivity index (χ4n) is 3.13. The van der Waals surface area contributed by atoms with Crippen LogP contribution in [0.25, 0.3) is 11.4 Å². The number of fused-ring (bicyclic) bond motifs is 1. The van der Waals surface area contributed by atoms with Crippen molar-refractivity contribution in [2.75, 3.05) is 5.32 Å². The number of hydrogen-bond donors (Lipinski definition) is 1. The number of nitrogens with one attached hydrogen (secondary N) is 1. The Balaban J connectivity index is 1.65. The maximum atomic E-state index is 11.9. The number of unbranched alkanes of at least 4 members (excludes halogenated alkanes) is 2. The molecular weight excluding hydrogens is 286 g/mol. The van der Waals surface area contributed by atoms with Gasteiger partial charge < -0.3 is 9.88 Å². The van der Waals surface area contributed by atoms with E-state index in [2.05, 4.69) is 21.8 Å². The molecule has 0 fully saturated rings. The number of rotatable bonds is 6. The van der Waals surface area contributed by atoms with Gasteiger partial charge in [0.1, 0.15) is 5.82 Å². The van der Waals surface area contributed by atoms with E-state index in [4.69, 9.17) is 0 Å². The molecule has 3 rings (SSSR count). The van der Waals surface area contributed by atoms with Crippen molar-refractivity contribution in [3.05, 3.63) is 36.2 Å². The summed E-state index contributed by atoms with van der Waals surface area (Å²) in [6.07, 6.45) is 9.41. The second-order valence-electron chi connectivity index (χ2n) is 6.26. The minimum absolute atomic E-state index is 0.101. The van der Waals surface area contributed by atoms with E-state index in [0.717, 1.165) is 49.3 Å². The SMILES string of the molecule is CCCCCC(=O)Nc1ccc(-c2ncc3n2CCCC3)cc1. The molecule has 23 heavy (non-hydrogen) atoms. The summed E-state index contributed by atoms with van der Waals surface area (Å²) in [4.78, 5) is 16.4. The smallest absolute Gasteiger partial charge is 0.224 e. The quantitative estimate of drug-likeness (QED) is 0.803. The molecule has 1 aliphatic rings. The first kappa shape index (κ1) is 15.8. The molecule has 1 aliphatic heterocycles. The van der Waals surface area contributed by atoms with Crippen LogP contribution >= 0.6 is 0 Å². The zero-order valence-electron chi connectivity index (χ0n) is 13.8. The lowest BCUT2D eigenvalue weighted by molar-refractivity contribution is -0.116. The van der Waals surface area contributed by atoms with Gasteiger partial charge >= 0.3 is 0 Å². The van der Waals surface area contributed by atoms with Gasteiger partial charge in [0.15, 0.2) is 0 Å². The summed E-state index contributed by atoms with van der Waals surface area (Å²) in [5, 5.41) is 2.97. The Kier molecular flexibility index (Phi) is 5.11. The van der Waals surface area contributed by atoms with Crippen LogP contribution in [0.3, 0.4) is 0 Å². The molecule has 2 heterocycles. The summed E-state index contributed by atoms with van der Waals surface area (Å²) in [5.41, 5.74) is 3.31. The Hall–Kier alpha value is -2.10. The standard InChI is InChI=1S/C19H25N3O/c1-2-3-4-8-18(23)21-16-11-9-15(10-12-16)19-20-14-17-7-5-6-13-22(17)19/h9-12,14H,2-8,13H2,1H3,(H,21,23). The van der Waals surface area contributed by atoms with E-state index in [1.165, 1.54) is 18.5 Å². The van der Waals surface area contributed by atoms with Gasteiger partial charge in [-0.25, -0.2) is 4.98 Å². The average molecular weight is 311 g/mol. The van der Waals surface area contributed by atoms with Gasteiger partial charge in [-0.1, -0.05) is 19.8 Å². The molecule has 0 bridgehead atoms. The van der Waals surface area contributed by atoms with Crippen LogP contribution in [-0.4, -0.2) is 15.5 Å². The van der Waals surface area contributed by atoms with Crippen molar-refractivity contribution in [3.8, 4) is 11.4 Å². The summed E-state index contributed by atoms with van der Waals surface area (Å²) < 4.78 is 2.32. The molecule has 0 saturated carbocycles. The molecule has 1 aromatic carbocycles. The van der Waals surface area contributed by atoms with Gasteiger partial charge in [-0.2, -0.15) is 0 Å². The van der Waals surface area contributed by atoms with Crippen molar-refractivity contribution in [1.82, 2.24) is 9.55 Å². The number of carbonyl (C=O) groups is 1. The Bertz CT molecular complexity index is 658. The molecule has 1 aromatic heterocycles. The largest absolute Gasteiger partial charge is 0.328 e. The normalized spacial score (nSPS) is 13.6. The lowest BCUT2D eigenvalue weighted by Gasteiger charge is -2.16. The molecule has 122 valence electrons. The van der Waals surface area contributed by atoms with Gasteiger partial charge in [0.25, 0.3) is 0 Å². The number of anilines is 1. The summed E-state index contributed by atoms with van der Waals surface area (Å²) in [7, 11) is 0. The number of benzene rings is 1. The Morgan fingerprint density at radius 1 is 1.22 bits per heavy atom. The molecule has 0 spiro atoms. The maximum Gasteiger partial charge on any atom is 0.224 e. The van der Waals surface area contributed by atoms with E-state index in [1.54, 1.807) is 0 Å². The minimum atomic E-state index is 0.101. The fraction of sp³-hybridized carbons (Fsp3) is 0.474. The molecule has 1 N–H and O–H groups in total. The predicted molar refractivity (Wildman–Crippen MR) is 93.4 cm³/mol. The minimum Gasteiger partial charge on any atom is -0.328 e. The van der Waals surface area contributed by atoms with Crippen molar-refractivity contribution < 1.29 is 4.79 Å². The van der Waals surface area contributed by atoms with E-state index in [1.807, 2.05) is 30.5 Å². The van der Waals surface area contributed by atoms with Crippen molar-refractivity contribution >= 4 is 11.6 Å². The van der Waals surface area contributed by atoms with Crippen LogP contribution in [-0.2, 0) is 17.8 Å². The molecule has 0 radical (unpaired) electrons. The van der Waals surface area contributed by atoms with E-state index < -0.39 is 0 Å². The molecule has 4 heteroatoms. The number of imidazole rings is 1. The van der Waals surface area contributed by atoms with Gasteiger partial charge in [-0.05, 0) is 49.9 Å². The monoisotopic (exact) mass is 311 g/mol. The van der Waals surface area contributed by atoms with Crippen LogP contribution in [0.4, 0.5) is 5.69 Å². The number of aryl methyl sites for hydroxylation is 1. The lowest BCUT2D eigenvalue weighted by atomic mass is 10.1. The maximum absolute atomic E-state index is 11.9. The van der Waals surface area contributed by atoms with Gasteiger partial charge in [0.2, 0.25) is 5.91 Å². The van der Waals surface area contributed by atoms with Crippen LogP contribution in [0.15, 0.2) is 30.5 Å². The summed E-state index contributed by atoms with van der Waals surface area (Å²) in [6, 6.07) is 8.03. The number of amides is 1. The first-order valence-electron chi connectivity index (χ1n) is 8.72. The zero-order valence-corrected chi connectivity index (χ0v) is 13.8. The van der Waals surface area contributed by atoms with Crippen molar-refractivity contribution in [2.24, 2.45) is 0 Å². The van der Waals surface area contributed by atoms with Crippen LogP contribution in [0.2, 0.25) is 0 Å². The number of aromatic nitrogens is 2. The van der Waals surface area contributed by atoms with Gasteiger partial charge in [-0.15, -0.1) is 0 Å². The predicted octanol–water partition coefficient (Wildman–Crippen LogP) is 4.41. The van der Waals surface area contributed by atoms with Crippen molar-refractivity contribution in [1.29, 1.82) is 0 Å². The van der Waals surface area contributed by atoms with E-state index in [9.17, 15) is 4.79 Å². The molecule has 0 saturated heterocycles. The van der Waals surface area contributed by atoms with E-state index >= 15 is 0 Å². The van der Waals surface area contributed by atoms with Crippen LogP contribution in [0, 0.1) is 0 Å². The highest BCUT2D eigenvalue weighted by Gasteiger charge is 2.15. The number of carbonyl (C=O) groups excluding carboxylic acids is 1. The van der Waals surface area contributed by atoms with Crippen molar-refractivity contribution in [2.45, 2.75) is 58.4 Å². The van der Waals surface area contributed by atoms with Gasteiger partial charge in [-0.3, -0.25) is 4.79 Å². The number of hydrogen-bond acceptors (Lipinski definition) is 2. The van der Waals surface area contributed by atoms with Gasteiger partial charge in [0.05, 0.1) is 0 Å². The molecule has 0 aliphatic carbocycles. The zero-order chi connectivity index (χ0) is 16.1. The highest BCUT2D eigenvalue weighted by atomic mass is 16.1. The summed E-state index contributed by atoms with van der Waals surface area (Å²) >= 11 is 0. The van der Waals surface area contributed by atoms with Crippen LogP contribution in [0.5, 0.6) is 0 Å². The molecule has 0 unspecified atom stereocenters. The lowest BCUT2D eigenvalue weighted by Crippen LogP contribution is -2.11. The summed E-state index contributed by atoms with van der Waals surface area (Å²) in [5.74, 6) is 1.14. The first-order chi connectivity index (χ1) is 11.3.